The molecule has 12 aromatic rings. The van der Waals surface area contributed by atoms with Crippen LogP contribution in [0.3, 0.4) is 0 Å². The Morgan fingerprint density at radius 1 is 0.397 bits per heavy atom. The number of fused-ring (bicyclic) bond motifs is 5. The fraction of sp³-hybridized carbons (Fsp3) is 0.388. The van der Waals surface area contributed by atoms with E-state index in [0.717, 1.165) is 113 Å². The number of methoxy groups -OCH3 is 1. The first-order valence-corrected chi connectivity index (χ1v) is 41.4. The minimum Gasteiger partial charge on any atom is -0.481 e. The molecular weight excluding hydrogens is 1590 g/mol. The van der Waals surface area contributed by atoms with Crippen LogP contribution in [-0.2, 0) is 113 Å². The quantitative estimate of drug-likeness (QED) is 0.0646. The fourth-order valence-electron chi connectivity index (χ4n) is 14.2. The van der Waals surface area contributed by atoms with Gasteiger partial charge in [-0.05, 0) is 78.8 Å². The van der Waals surface area contributed by atoms with E-state index < -0.39 is 0 Å². The topological polar surface area (TPSA) is 272 Å². The summed E-state index contributed by atoms with van der Waals surface area (Å²) in [6, 6.07) is 68.3. The van der Waals surface area contributed by atoms with Crippen molar-refractivity contribution in [2.24, 2.45) is 17.3 Å². The van der Waals surface area contributed by atoms with E-state index in [1.807, 2.05) is 279 Å². The lowest BCUT2D eigenvalue weighted by Gasteiger charge is -2.32. The van der Waals surface area contributed by atoms with Gasteiger partial charge in [0.15, 0.2) is 0 Å². The fourth-order valence-corrected chi connectivity index (χ4v) is 14.2. The Balaban J connectivity index is 0.000000177. The highest BCUT2D eigenvalue weighted by molar-refractivity contribution is 5.94. The van der Waals surface area contributed by atoms with Crippen molar-refractivity contribution in [1.82, 2.24) is 83.4 Å². The van der Waals surface area contributed by atoms with Crippen LogP contribution in [0.15, 0.2) is 219 Å². The van der Waals surface area contributed by atoms with E-state index in [0.29, 0.717) is 152 Å². The van der Waals surface area contributed by atoms with Gasteiger partial charge in [-0.15, -0.1) is 25.5 Å². The SMILES string of the molecule is C.C.C.C.C.CC(C)(C)C(=O)N1CCn2nc(OCc3ccccc3)cc2C1.CCC(C)C(=O)N1CCn2nc(OCc3ccccc3)cc2C1.COc1cccc(C(=O)N2CCn3nc(OCc4ccccc4)cc3C2)n1.Cc1ccc(C(=O)N2CCn3nc(OCc4ccccn4)cc3C2)cc1.O=C(C1CC1)N1CCn2nc(OCc3ccccc3)cc2C1. The lowest BCUT2D eigenvalue weighted by Crippen LogP contribution is -2.43. The number of hydrogen-bond donors (Lipinski definition) is 0. The third-order valence-corrected chi connectivity index (χ3v) is 21.4. The Morgan fingerprint density at radius 2 is 0.754 bits per heavy atom. The van der Waals surface area contributed by atoms with Gasteiger partial charge in [0.25, 0.3) is 11.8 Å². The third kappa shape index (κ3) is 26.1. The van der Waals surface area contributed by atoms with E-state index in [1.165, 1.54) is 7.11 Å². The predicted molar refractivity (Wildman–Crippen MR) is 486 cm³/mol. The van der Waals surface area contributed by atoms with E-state index >= 15 is 0 Å². The van der Waals surface area contributed by atoms with Crippen molar-refractivity contribution in [3.8, 4) is 35.3 Å². The summed E-state index contributed by atoms with van der Waals surface area (Å²) in [5.74, 6) is 4.46. The summed E-state index contributed by atoms with van der Waals surface area (Å²) in [4.78, 5) is 80.2. The number of carbonyl (C=O) groups excluding carboxylic acids is 5. The van der Waals surface area contributed by atoms with Crippen LogP contribution in [0.25, 0.3) is 0 Å². The molecule has 28 nitrogen and oxygen atoms in total. The number of pyridine rings is 2. The first kappa shape index (κ1) is 96.4. The van der Waals surface area contributed by atoms with Crippen LogP contribution in [0, 0.1) is 24.2 Å². The van der Waals surface area contributed by atoms with Crippen molar-refractivity contribution in [2.45, 2.75) is 196 Å². The molecule has 18 rings (SSSR count). The number of ether oxygens (including phenoxy) is 6. The lowest BCUT2D eigenvalue weighted by atomic mass is 9.94. The molecule has 126 heavy (non-hydrogen) atoms. The van der Waals surface area contributed by atoms with Gasteiger partial charge >= 0.3 is 0 Å². The molecular formula is C98H125N17O11. The van der Waals surface area contributed by atoms with E-state index in [9.17, 15) is 24.0 Å². The summed E-state index contributed by atoms with van der Waals surface area (Å²) in [6.45, 7) is 24.0. The molecule has 6 aliphatic rings. The van der Waals surface area contributed by atoms with Crippen LogP contribution in [0.2, 0.25) is 0 Å². The molecule has 0 spiro atoms. The summed E-state index contributed by atoms with van der Waals surface area (Å²) >= 11 is 0. The highest BCUT2D eigenvalue weighted by atomic mass is 16.5. The molecule has 12 heterocycles. The van der Waals surface area contributed by atoms with Gasteiger partial charge in [0, 0.05) is 98.1 Å². The van der Waals surface area contributed by atoms with Gasteiger partial charge in [0.05, 0.1) is 107 Å². The van der Waals surface area contributed by atoms with E-state index in [-0.39, 0.29) is 78.0 Å². The van der Waals surface area contributed by atoms with Crippen molar-refractivity contribution >= 4 is 29.5 Å². The third-order valence-electron chi connectivity index (χ3n) is 21.4. The molecule has 668 valence electrons. The van der Waals surface area contributed by atoms with Crippen molar-refractivity contribution in [1.29, 1.82) is 0 Å². The van der Waals surface area contributed by atoms with Gasteiger partial charge in [-0.25, -0.2) is 4.98 Å². The average molecular weight is 1720 g/mol. The number of aryl methyl sites for hydroxylation is 1. The lowest BCUT2D eigenvalue weighted by molar-refractivity contribution is -0.141. The molecule has 1 aliphatic carbocycles. The molecule has 1 unspecified atom stereocenters. The Morgan fingerprint density at radius 3 is 1.13 bits per heavy atom. The Bertz CT molecular complexity index is 5420. The smallest absolute Gasteiger partial charge is 0.273 e. The van der Waals surface area contributed by atoms with E-state index in [2.05, 4.69) is 35.5 Å². The molecule has 5 aliphatic heterocycles. The van der Waals surface area contributed by atoms with Crippen molar-refractivity contribution in [2.75, 3.05) is 39.8 Å². The maximum Gasteiger partial charge on any atom is 0.273 e. The molecule has 1 saturated carbocycles. The van der Waals surface area contributed by atoms with E-state index in [1.54, 1.807) is 29.3 Å². The zero-order chi connectivity index (χ0) is 84.2. The number of benzene rings is 5. The molecule has 0 saturated heterocycles. The van der Waals surface area contributed by atoms with Crippen molar-refractivity contribution in [3.05, 3.63) is 292 Å². The molecule has 7 aromatic heterocycles. The molecule has 0 bridgehead atoms. The van der Waals surface area contributed by atoms with Crippen molar-refractivity contribution in [3.63, 3.8) is 0 Å². The molecule has 5 amide bonds. The van der Waals surface area contributed by atoms with Crippen LogP contribution in [0.1, 0.15) is 174 Å². The highest BCUT2D eigenvalue weighted by Gasteiger charge is 2.36. The maximum atomic E-state index is 12.7. The molecule has 0 radical (unpaired) electrons. The van der Waals surface area contributed by atoms with Crippen LogP contribution in [0.5, 0.6) is 35.3 Å². The van der Waals surface area contributed by atoms with E-state index in [4.69, 9.17) is 28.4 Å². The summed E-state index contributed by atoms with van der Waals surface area (Å²) < 4.78 is 43.6. The van der Waals surface area contributed by atoms with Crippen LogP contribution >= 0.6 is 0 Å². The van der Waals surface area contributed by atoms with Gasteiger partial charge in [-0.2, -0.15) is 0 Å². The van der Waals surface area contributed by atoms with Gasteiger partial charge in [0.1, 0.15) is 38.7 Å². The minimum atomic E-state index is -0.352. The van der Waals surface area contributed by atoms with Crippen LogP contribution in [0.4, 0.5) is 0 Å². The second-order valence-corrected chi connectivity index (χ2v) is 31.7. The standard InChI is InChI=1S/C20H20N4O3.C20H20N4O2.2C18H23N3O2.C17H19N3O2.5CH4/c1-26-18-9-5-8-17(21-18)20(25)23-10-11-24-16(13-23)12-19(22-24)27-14-15-6-3-2-4-7-15;1-15-5-7-16(8-6-15)20(25)23-10-11-24-18(13-23)12-19(22-24)26-14-17-4-2-3-9-21-17;1-18(2,3)17(22)20-9-10-21-15(12-20)11-16(19-21)23-13-14-7-5-4-6-8-14;1-3-14(2)18(22)20-9-10-21-16(12-20)11-17(19-21)23-13-15-7-5-4-6-8-15;21-17(14-6-7-14)19-8-9-20-15(11-19)10-16(18-20)22-12-13-4-2-1-3-5-13;;;;;/h2-9,12H,10-11,13-14H2,1H3;2-9,12H,10-11,13-14H2,1H3;4-8,11H,9-10,12-13H2,1-3H3;4-8,11,14H,3,9-10,12-13H2,1-2H3;1-5,10,14H,6-9,11-12H2;5*1H4. The van der Waals surface area contributed by atoms with Gasteiger partial charge in [-0.3, -0.25) is 52.4 Å². The number of nitrogens with zero attached hydrogens (tertiary/aromatic N) is 17. The Labute approximate surface area is 742 Å². The normalized spacial score (nSPS) is 14.0. The summed E-state index contributed by atoms with van der Waals surface area (Å²) in [5, 5.41) is 22.4. The van der Waals surface area contributed by atoms with Crippen molar-refractivity contribution < 1.29 is 52.4 Å². The predicted octanol–water partition coefficient (Wildman–Crippen LogP) is 16.4. The maximum absolute atomic E-state index is 12.7. The summed E-state index contributed by atoms with van der Waals surface area (Å²) in [7, 11) is 1.53. The first-order chi connectivity index (χ1) is 58.8. The van der Waals surface area contributed by atoms with Gasteiger partial charge < -0.3 is 52.9 Å². The highest BCUT2D eigenvalue weighted by Crippen LogP contribution is 2.33. The molecule has 1 fully saturated rings. The van der Waals surface area contributed by atoms with Crippen LogP contribution < -0.4 is 28.4 Å². The number of hydrogen-bond acceptors (Lipinski definition) is 18. The Hall–Kier alpha value is -13.4. The number of aromatic nitrogens is 12. The monoisotopic (exact) mass is 1720 g/mol. The second kappa shape index (κ2) is 45.8. The average Bonchev–Trinajstić information content (AvgIpc) is 1.67. The molecule has 0 N–H and O–H groups in total. The molecule has 1 atom stereocenters. The number of carbonyl (C=O) groups is 5. The molecule has 28 heteroatoms. The minimum absolute atomic E-state index is 0. The zero-order valence-electron chi connectivity index (χ0n) is 69.8. The summed E-state index contributed by atoms with van der Waals surface area (Å²) in [6.07, 6.45) is 4.73. The number of rotatable bonds is 21. The van der Waals surface area contributed by atoms with Gasteiger partial charge in [-0.1, -0.05) is 223 Å². The number of amides is 5. The summed E-state index contributed by atoms with van der Waals surface area (Å²) in [5.41, 5.74) is 12.2. The first-order valence-electron chi connectivity index (χ1n) is 41.4. The second-order valence-electron chi connectivity index (χ2n) is 31.7. The van der Waals surface area contributed by atoms with Gasteiger partial charge in [0.2, 0.25) is 53.0 Å². The Kier molecular flexibility index (Phi) is 35.1. The zero-order valence-corrected chi connectivity index (χ0v) is 69.8. The molecule has 5 aromatic carbocycles. The largest absolute Gasteiger partial charge is 0.481 e. The van der Waals surface area contributed by atoms with Crippen LogP contribution in [-0.4, -0.2) is 153 Å².